The fourth-order valence-electron chi connectivity index (χ4n) is 1.58. The second-order valence-corrected chi connectivity index (χ2v) is 4.74. The van der Waals surface area contributed by atoms with E-state index in [-0.39, 0.29) is 6.61 Å². The Hall–Kier alpha value is -1.39. The van der Waals surface area contributed by atoms with Gasteiger partial charge in [-0.05, 0) is 45.3 Å². The van der Waals surface area contributed by atoms with Gasteiger partial charge in [-0.25, -0.2) is 0 Å². The Labute approximate surface area is 115 Å². The third-order valence-corrected chi connectivity index (χ3v) is 3.17. The number of hydrogen-bond acceptors (Lipinski definition) is 3. The van der Waals surface area contributed by atoms with E-state index in [2.05, 4.69) is 20.9 Å². The minimum absolute atomic E-state index is 0.0363. The van der Waals surface area contributed by atoms with Gasteiger partial charge in [0.05, 0.1) is 17.7 Å². The van der Waals surface area contributed by atoms with Crippen molar-refractivity contribution < 1.29 is 9.84 Å². The molecule has 0 aliphatic carbocycles. The first-order valence-electron chi connectivity index (χ1n) is 5.70. The third kappa shape index (κ3) is 3.55. The lowest BCUT2D eigenvalue weighted by Crippen LogP contribution is -2.02. The third-order valence-electron chi connectivity index (χ3n) is 2.55. The zero-order valence-electron chi connectivity index (χ0n) is 9.84. The van der Waals surface area contributed by atoms with Crippen LogP contribution in [0.15, 0.2) is 47.2 Å². The summed E-state index contributed by atoms with van der Waals surface area (Å²) in [6.07, 6.45) is 4.42. The number of halogens is 1. The molecule has 0 bridgehead atoms. The molecule has 1 N–H and O–H groups in total. The number of pyridine rings is 1. The maximum Gasteiger partial charge on any atom is 0.133 e. The fourth-order valence-corrected chi connectivity index (χ4v) is 2.13. The van der Waals surface area contributed by atoms with Crippen LogP contribution in [-0.2, 0) is 13.0 Å². The summed E-state index contributed by atoms with van der Waals surface area (Å²) in [7, 11) is 0. The van der Waals surface area contributed by atoms with Crippen molar-refractivity contribution in [2.24, 2.45) is 0 Å². The summed E-state index contributed by atoms with van der Waals surface area (Å²) in [4.78, 5) is 4.06. The van der Waals surface area contributed by atoms with Crippen LogP contribution in [0.4, 0.5) is 0 Å². The van der Waals surface area contributed by atoms with Crippen molar-refractivity contribution in [3.05, 3.63) is 58.3 Å². The molecule has 0 amide bonds. The fraction of sp³-hybridized carbons (Fsp3) is 0.214. The van der Waals surface area contributed by atoms with Crippen LogP contribution in [-0.4, -0.2) is 16.7 Å². The first-order chi connectivity index (χ1) is 8.79. The Morgan fingerprint density at radius 1 is 1.22 bits per heavy atom. The lowest BCUT2D eigenvalue weighted by atomic mass is 10.2. The highest BCUT2D eigenvalue weighted by molar-refractivity contribution is 9.10. The first-order valence-corrected chi connectivity index (χ1v) is 6.50. The summed E-state index contributed by atoms with van der Waals surface area (Å²) in [6, 6.07) is 9.52. The lowest BCUT2D eigenvalue weighted by molar-refractivity contribution is 0.281. The number of aliphatic hydroxyl groups is 1. The second-order valence-electron chi connectivity index (χ2n) is 3.88. The number of aromatic nitrogens is 1. The van der Waals surface area contributed by atoms with Crippen molar-refractivity contribution in [2.75, 3.05) is 6.61 Å². The molecule has 3 nitrogen and oxygen atoms in total. The molecule has 94 valence electrons. The smallest absolute Gasteiger partial charge is 0.133 e. The Morgan fingerprint density at radius 3 is 2.78 bits per heavy atom. The quantitative estimate of drug-likeness (QED) is 0.923. The maximum absolute atomic E-state index is 9.01. The van der Waals surface area contributed by atoms with Crippen molar-refractivity contribution >= 4 is 15.9 Å². The molecule has 1 heterocycles. The van der Waals surface area contributed by atoms with Gasteiger partial charge >= 0.3 is 0 Å². The number of aliphatic hydroxyl groups excluding tert-OH is 1. The van der Waals surface area contributed by atoms with E-state index in [0.29, 0.717) is 6.61 Å². The van der Waals surface area contributed by atoms with Crippen LogP contribution in [0, 0.1) is 0 Å². The average Bonchev–Trinajstić information content (AvgIpc) is 2.42. The van der Waals surface area contributed by atoms with Gasteiger partial charge in [-0.2, -0.15) is 0 Å². The summed E-state index contributed by atoms with van der Waals surface area (Å²) >= 11 is 3.43. The zero-order chi connectivity index (χ0) is 12.8. The molecule has 4 heteroatoms. The van der Waals surface area contributed by atoms with Crippen LogP contribution < -0.4 is 4.74 Å². The Kier molecular flexibility index (Phi) is 4.73. The van der Waals surface area contributed by atoms with Crippen LogP contribution in [0.1, 0.15) is 11.1 Å². The van der Waals surface area contributed by atoms with E-state index in [1.165, 1.54) is 0 Å². The summed E-state index contributed by atoms with van der Waals surface area (Å²) in [5.41, 5.74) is 2.02. The van der Waals surface area contributed by atoms with Crippen LogP contribution in [0.5, 0.6) is 5.75 Å². The minimum Gasteiger partial charge on any atom is -0.492 e. The highest BCUT2D eigenvalue weighted by atomic mass is 79.9. The molecule has 0 saturated heterocycles. The summed E-state index contributed by atoms with van der Waals surface area (Å²) in [6.45, 7) is 0.636. The van der Waals surface area contributed by atoms with Crippen molar-refractivity contribution in [3.8, 4) is 5.75 Å². The van der Waals surface area contributed by atoms with Crippen LogP contribution in [0.2, 0.25) is 0 Å². The van der Waals surface area contributed by atoms with Gasteiger partial charge in [0.25, 0.3) is 0 Å². The maximum atomic E-state index is 9.01. The molecule has 0 unspecified atom stereocenters. The summed E-state index contributed by atoms with van der Waals surface area (Å²) < 4.78 is 6.55. The average molecular weight is 308 g/mol. The van der Waals surface area contributed by atoms with E-state index in [0.717, 1.165) is 27.8 Å². The molecule has 0 fully saturated rings. The molecule has 0 aliphatic rings. The highest BCUT2D eigenvalue weighted by Crippen LogP contribution is 2.26. The largest absolute Gasteiger partial charge is 0.492 e. The van der Waals surface area contributed by atoms with Gasteiger partial charge in [-0.3, -0.25) is 4.98 Å². The first kappa shape index (κ1) is 13.1. The SMILES string of the molecule is OCc1ccc(OCCc2cccnc2)c(Br)c1. The molecular formula is C14H14BrNO2. The van der Waals surface area contributed by atoms with Gasteiger partial charge in [0.15, 0.2) is 0 Å². The second kappa shape index (κ2) is 6.52. The van der Waals surface area contributed by atoms with E-state index >= 15 is 0 Å². The molecule has 18 heavy (non-hydrogen) atoms. The van der Waals surface area contributed by atoms with E-state index in [9.17, 15) is 0 Å². The van der Waals surface area contributed by atoms with Gasteiger partial charge in [0.1, 0.15) is 5.75 Å². The van der Waals surface area contributed by atoms with Crippen LogP contribution in [0.25, 0.3) is 0 Å². The summed E-state index contributed by atoms with van der Waals surface area (Å²) in [5, 5.41) is 9.01. The van der Waals surface area contributed by atoms with E-state index < -0.39 is 0 Å². The van der Waals surface area contributed by atoms with Gasteiger partial charge in [0.2, 0.25) is 0 Å². The Balaban J connectivity index is 1.91. The number of ether oxygens (including phenoxy) is 1. The van der Waals surface area contributed by atoms with Crippen molar-refractivity contribution in [1.29, 1.82) is 0 Å². The molecule has 0 atom stereocenters. The van der Waals surface area contributed by atoms with Crippen molar-refractivity contribution in [3.63, 3.8) is 0 Å². The predicted molar refractivity (Wildman–Crippen MR) is 73.5 cm³/mol. The molecule has 0 radical (unpaired) electrons. The molecule has 1 aromatic heterocycles. The minimum atomic E-state index is 0.0363. The molecule has 0 aliphatic heterocycles. The van der Waals surface area contributed by atoms with E-state index in [1.807, 2.05) is 36.5 Å². The number of hydrogen-bond donors (Lipinski definition) is 1. The van der Waals surface area contributed by atoms with E-state index in [4.69, 9.17) is 9.84 Å². The van der Waals surface area contributed by atoms with Gasteiger partial charge in [0, 0.05) is 18.8 Å². The summed E-state index contributed by atoms with van der Waals surface area (Å²) in [5.74, 6) is 0.788. The molecule has 0 saturated carbocycles. The molecule has 2 rings (SSSR count). The number of benzene rings is 1. The molecular weight excluding hydrogens is 294 g/mol. The predicted octanol–water partition coefficient (Wildman–Crippen LogP) is 2.96. The molecule has 0 spiro atoms. The highest BCUT2D eigenvalue weighted by Gasteiger charge is 2.02. The van der Waals surface area contributed by atoms with Gasteiger partial charge in [-0.15, -0.1) is 0 Å². The van der Waals surface area contributed by atoms with Gasteiger partial charge in [-0.1, -0.05) is 12.1 Å². The van der Waals surface area contributed by atoms with Crippen molar-refractivity contribution in [2.45, 2.75) is 13.0 Å². The van der Waals surface area contributed by atoms with Crippen molar-refractivity contribution in [1.82, 2.24) is 4.98 Å². The Bertz CT molecular complexity index is 502. The standard InChI is InChI=1S/C14H14BrNO2/c15-13-8-12(10-17)3-4-14(13)18-7-5-11-2-1-6-16-9-11/h1-4,6,8-9,17H,5,7,10H2. The number of nitrogens with zero attached hydrogens (tertiary/aromatic N) is 1. The van der Waals surface area contributed by atoms with Crippen LogP contribution in [0.3, 0.4) is 0 Å². The topological polar surface area (TPSA) is 42.4 Å². The lowest BCUT2D eigenvalue weighted by Gasteiger charge is -2.09. The Morgan fingerprint density at radius 2 is 2.11 bits per heavy atom. The van der Waals surface area contributed by atoms with E-state index in [1.54, 1.807) is 6.20 Å². The number of rotatable bonds is 5. The normalized spacial score (nSPS) is 10.3. The van der Waals surface area contributed by atoms with Crippen LogP contribution >= 0.6 is 15.9 Å². The molecule has 2 aromatic rings. The van der Waals surface area contributed by atoms with Gasteiger partial charge < -0.3 is 9.84 Å². The monoisotopic (exact) mass is 307 g/mol. The molecule has 1 aromatic carbocycles. The zero-order valence-corrected chi connectivity index (χ0v) is 11.4.